The fourth-order valence-electron chi connectivity index (χ4n) is 4.98. The second-order valence-corrected chi connectivity index (χ2v) is 9.59. The van der Waals surface area contributed by atoms with Crippen LogP contribution in [0.15, 0.2) is 58.7 Å². The monoisotopic (exact) mass is 423 g/mol. The summed E-state index contributed by atoms with van der Waals surface area (Å²) in [7, 11) is 0. The van der Waals surface area contributed by atoms with E-state index in [0.29, 0.717) is 34.0 Å². The van der Waals surface area contributed by atoms with Gasteiger partial charge in [0.25, 0.3) is 0 Å². The highest BCUT2D eigenvalue weighted by atomic mass is 35.5. The van der Waals surface area contributed by atoms with E-state index in [9.17, 15) is 9.59 Å². The molecule has 0 spiro atoms. The molecule has 0 bridgehead atoms. The third-order valence-electron chi connectivity index (χ3n) is 6.16. The Bertz CT molecular complexity index is 1160. The Hall–Kier alpha value is -2.23. The van der Waals surface area contributed by atoms with Crippen molar-refractivity contribution < 1.29 is 9.59 Å². The first-order valence-electron chi connectivity index (χ1n) is 9.71. The van der Waals surface area contributed by atoms with E-state index in [2.05, 4.69) is 13.8 Å². The van der Waals surface area contributed by atoms with Crippen LogP contribution in [0.2, 0.25) is 10.0 Å². The number of fused-ring (bicyclic) bond motifs is 3. The van der Waals surface area contributed by atoms with E-state index in [-0.39, 0.29) is 17.0 Å². The van der Waals surface area contributed by atoms with E-state index >= 15 is 0 Å². The molecular formula is C24H19Cl2NO2. The zero-order valence-corrected chi connectivity index (χ0v) is 17.6. The highest BCUT2D eigenvalue weighted by Crippen LogP contribution is 2.52. The molecule has 0 fully saturated rings. The van der Waals surface area contributed by atoms with Gasteiger partial charge in [-0.1, -0.05) is 73.4 Å². The van der Waals surface area contributed by atoms with E-state index in [0.717, 1.165) is 22.5 Å². The number of carbonyl (C=O) groups excluding carboxylic acids is 2. The van der Waals surface area contributed by atoms with Gasteiger partial charge in [0.15, 0.2) is 11.6 Å². The summed E-state index contributed by atoms with van der Waals surface area (Å²) in [5.41, 5.74) is 4.22. The molecular weight excluding hydrogens is 405 g/mol. The Labute approximate surface area is 179 Å². The number of aliphatic imine (C=N–C) groups is 1. The number of halogens is 2. The van der Waals surface area contributed by atoms with Crippen LogP contribution in [0.4, 0.5) is 0 Å². The molecule has 1 heterocycles. The molecule has 2 aromatic carbocycles. The number of carbonyl (C=O) groups is 2. The topological polar surface area (TPSA) is 46.5 Å². The van der Waals surface area contributed by atoms with Crippen molar-refractivity contribution in [2.75, 3.05) is 0 Å². The quantitative estimate of drug-likeness (QED) is 0.561. The number of rotatable bonds is 1. The number of benzene rings is 2. The normalized spacial score (nSPS) is 24.8. The minimum absolute atomic E-state index is 0.00965. The fraction of sp³-hybridized carbons (Fsp3) is 0.292. The van der Waals surface area contributed by atoms with E-state index < -0.39 is 11.8 Å². The Morgan fingerprint density at radius 1 is 0.931 bits per heavy atom. The maximum atomic E-state index is 13.4. The lowest BCUT2D eigenvalue weighted by molar-refractivity contribution is -0.118. The van der Waals surface area contributed by atoms with Gasteiger partial charge in [0.05, 0.1) is 21.7 Å². The third kappa shape index (κ3) is 2.75. The molecule has 3 aliphatic rings. The van der Waals surface area contributed by atoms with Crippen molar-refractivity contribution in [1.82, 2.24) is 0 Å². The summed E-state index contributed by atoms with van der Waals surface area (Å²) >= 11 is 12.9. The first-order valence-corrected chi connectivity index (χ1v) is 10.5. The molecule has 3 nitrogen and oxygen atoms in total. The minimum atomic E-state index is -0.549. The molecule has 0 N–H and O–H groups in total. The first-order chi connectivity index (χ1) is 13.8. The highest BCUT2D eigenvalue weighted by Gasteiger charge is 2.50. The Balaban J connectivity index is 1.80. The van der Waals surface area contributed by atoms with E-state index in [1.807, 2.05) is 36.4 Å². The van der Waals surface area contributed by atoms with Crippen molar-refractivity contribution >= 4 is 40.5 Å². The van der Waals surface area contributed by atoms with Gasteiger partial charge in [-0.3, -0.25) is 14.6 Å². The van der Waals surface area contributed by atoms with Crippen molar-refractivity contribution in [3.8, 4) is 0 Å². The molecule has 2 aromatic rings. The van der Waals surface area contributed by atoms with Crippen molar-refractivity contribution in [2.45, 2.75) is 32.6 Å². The van der Waals surface area contributed by atoms with Gasteiger partial charge in [0.1, 0.15) is 0 Å². The maximum Gasteiger partial charge on any atom is 0.173 e. The van der Waals surface area contributed by atoms with Gasteiger partial charge in [0, 0.05) is 34.7 Å². The predicted molar refractivity (Wildman–Crippen MR) is 115 cm³/mol. The molecule has 29 heavy (non-hydrogen) atoms. The number of Topliss-reactive ketones (excluding diaryl/α,β-unsaturated/α-hetero) is 2. The minimum Gasteiger partial charge on any atom is -0.294 e. The number of nitrogens with zero attached hydrogens (tertiary/aromatic N) is 1. The van der Waals surface area contributed by atoms with Crippen LogP contribution in [-0.2, 0) is 4.79 Å². The number of allylic oxidation sites excluding steroid dienone is 2. The average molecular weight is 424 g/mol. The molecule has 0 unspecified atom stereocenters. The smallest absolute Gasteiger partial charge is 0.173 e. The standard InChI is InChI=1S/C24H19Cl2NO2/c1-24(2)10-16-19(17(28)11-24)18(14-8-5-9-15(25)21(14)26)20-22(27-16)12-6-3-4-7-13(12)23(20)29/h3-9,18,20H,10-11H2,1-2H3/t18-,20-/m1/s1. The summed E-state index contributed by atoms with van der Waals surface area (Å²) in [5, 5.41) is 0.815. The second-order valence-electron chi connectivity index (χ2n) is 8.81. The maximum absolute atomic E-state index is 13.4. The van der Waals surface area contributed by atoms with Crippen LogP contribution in [0.25, 0.3) is 0 Å². The third-order valence-corrected chi connectivity index (χ3v) is 6.99. The molecule has 0 saturated heterocycles. The first kappa shape index (κ1) is 18.8. The Morgan fingerprint density at radius 3 is 2.41 bits per heavy atom. The zero-order valence-electron chi connectivity index (χ0n) is 16.1. The van der Waals surface area contributed by atoms with Gasteiger partial charge in [-0.15, -0.1) is 0 Å². The van der Waals surface area contributed by atoms with Crippen molar-refractivity contribution in [1.29, 1.82) is 0 Å². The SMILES string of the molecule is CC1(C)CC(=O)C2=C(C1)N=C1c3ccccc3C(=O)[C@@H]1[C@@H]2c1cccc(Cl)c1Cl. The van der Waals surface area contributed by atoms with E-state index in [1.54, 1.807) is 6.07 Å². The molecule has 0 amide bonds. The molecule has 2 aliphatic carbocycles. The molecule has 0 saturated carbocycles. The molecule has 2 atom stereocenters. The van der Waals surface area contributed by atoms with Gasteiger partial charge in [-0.2, -0.15) is 0 Å². The van der Waals surface area contributed by atoms with Gasteiger partial charge in [-0.25, -0.2) is 0 Å². The van der Waals surface area contributed by atoms with Crippen LogP contribution >= 0.6 is 23.2 Å². The molecule has 5 rings (SSSR count). The summed E-state index contributed by atoms with van der Waals surface area (Å²) < 4.78 is 0. The predicted octanol–water partition coefficient (Wildman–Crippen LogP) is 6.04. The number of hydrogen-bond acceptors (Lipinski definition) is 3. The van der Waals surface area contributed by atoms with Crippen LogP contribution in [0, 0.1) is 11.3 Å². The van der Waals surface area contributed by atoms with Crippen molar-refractivity contribution in [3.63, 3.8) is 0 Å². The summed E-state index contributed by atoms with van der Waals surface area (Å²) in [5.74, 6) is -0.979. The zero-order chi connectivity index (χ0) is 20.5. The lowest BCUT2D eigenvalue weighted by Gasteiger charge is -2.38. The summed E-state index contributed by atoms with van der Waals surface area (Å²) in [4.78, 5) is 31.6. The lowest BCUT2D eigenvalue weighted by atomic mass is 9.66. The van der Waals surface area contributed by atoms with Crippen LogP contribution in [-0.4, -0.2) is 17.3 Å². The van der Waals surface area contributed by atoms with Gasteiger partial charge < -0.3 is 0 Å². The van der Waals surface area contributed by atoms with Crippen LogP contribution < -0.4 is 0 Å². The van der Waals surface area contributed by atoms with Crippen LogP contribution in [0.3, 0.4) is 0 Å². The van der Waals surface area contributed by atoms with Gasteiger partial charge in [0.2, 0.25) is 0 Å². The van der Waals surface area contributed by atoms with Crippen LogP contribution in [0.1, 0.15) is 54.1 Å². The summed E-state index contributed by atoms with van der Waals surface area (Å²) in [6, 6.07) is 13.0. The molecule has 5 heteroatoms. The highest BCUT2D eigenvalue weighted by molar-refractivity contribution is 6.42. The van der Waals surface area contributed by atoms with E-state index in [1.165, 1.54) is 0 Å². The van der Waals surface area contributed by atoms with E-state index in [4.69, 9.17) is 28.2 Å². The fourth-order valence-corrected chi connectivity index (χ4v) is 5.41. The van der Waals surface area contributed by atoms with Gasteiger partial charge in [-0.05, 0) is 23.5 Å². The number of hydrogen-bond donors (Lipinski definition) is 0. The average Bonchev–Trinajstić information content (AvgIpc) is 2.94. The Morgan fingerprint density at radius 2 is 1.66 bits per heavy atom. The van der Waals surface area contributed by atoms with Gasteiger partial charge >= 0.3 is 0 Å². The van der Waals surface area contributed by atoms with Crippen molar-refractivity contribution in [3.05, 3.63) is 80.5 Å². The molecule has 146 valence electrons. The van der Waals surface area contributed by atoms with Crippen LogP contribution in [0.5, 0.6) is 0 Å². The largest absolute Gasteiger partial charge is 0.294 e. The Kier molecular flexibility index (Phi) is 4.13. The summed E-state index contributed by atoms with van der Waals surface area (Å²) in [6.07, 6.45) is 1.12. The number of ketones is 2. The second kappa shape index (κ2) is 6.38. The lowest BCUT2D eigenvalue weighted by Crippen LogP contribution is -2.37. The summed E-state index contributed by atoms with van der Waals surface area (Å²) in [6.45, 7) is 4.16. The molecule has 0 radical (unpaired) electrons. The molecule has 0 aromatic heterocycles. The van der Waals surface area contributed by atoms with Crippen molar-refractivity contribution in [2.24, 2.45) is 16.3 Å². The molecule has 1 aliphatic heterocycles.